The van der Waals surface area contributed by atoms with Crippen molar-refractivity contribution in [2.24, 2.45) is 0 Å². The Morgan fingerprint density at radius 1 is 1.06 bits per heavy atom. The summed E-state index contributed by atoms with van der Waals surface area (Å²) in [5, 5.41) is 9.88. The summed E-state index contributed by atoms with van der Waals surface area (Å²) in [5.74, 6) is -0.474. The molecule has 2 saturated heterocycles. The fourth-order valence-corrected chi connectivity index (χ4v) is 5.47. The molecule has 2 aromatic carbocycles. The van der Waals surface area contributed by atoms with Crippen molar-refractivity contribution in [3.05, 3.63) is 63.6 Å². The van der Waals surface area contributed by atoms with E-state index in [0.29, 0.717) is 40.4 Å². The van der Waals surface area contributed by atoms with Crippen molar-refractivity contribution in [2.45, 2.75) is 30.3 Å². The number of amides is 3. The minimum Gasteiger partial charge on any atom is -0.310 e. The first-order valence-corrected chi connectivity index (χ1v) is 10.9. The summed E-state index contributed by atoms with van der Waals surface area (Å²) in [7, 11) is 1.69. The molecule has 1 spiro atoms. The van der Waals surface area contributed by atoms with Gasteiger partial charge < -0.3 is 4.90 Å². The standard InChI is InChI=1S/C23H20Cl2N4O2/c1-27-22(31)29(19-9-16(24)8-17(25)10-19)21(30)23(27)13-28(18-6-7-18)12-20(23)15-4-2-14(11-26)3-5-15/h2-5,8-10,18,20H,6-7,12-13H2,1H3/t20-,23+/m0/s1. The second kappa shape index (κ2) is 7.23. The van der Waals surface area contributed by atoms with Gasteiger partial charge >= 0.3 is 6.03 Å². The molecule has 3 aliphatic rings. The summed E-state index contributed by atoms with van der Waals surface area (Å²) < 4.78 is 0. The van der Waals surface area contributed by atoms with Crippen LogP contribution in [0.5, 0.6) is 0 Å². The Bertz CT molecular complexity index is 1110. The molecular weight excluding hydrogens is 435 g/mol. The summed E-state index contributed by atoms with van der Waals surface area (Å²) in [4.78, 5) is 32.4. The van der Waals surface area contributed by atoms with E-state index in [1.54, 1.807) is 42.3 Å². The molecule has 8 heteroatoms. The highest BCUT2D eigenvalue weighted by molar-refractivity contribution is 6.35. The molecule has 6 nitrogen and oxygen atoms in total. The van der Waals surface area contributed by atoms with Gasteiger partial charge in [0.1, 0.15) is 5.54 Å². The maximum absolute atomic E-state index is 14.0. The molecule has 5 rings (SSSR count). The van der Waals surface area contributed by atoms with E-state index in [4.69, 9.17) is 28.5 Å². The zero-order valence-corrected chi connectivity index (χ0v) is 18.4. The third kappa shape index (κ3) is 3.11. The molecule has 2 atom stereocenters. The number of benzene rings is 2. The largest absolute Gasteiger partial charge is 0.332 e. The lowest BCUT2D eigenvalue weighted by molar-refractivity contribution is -0.124. The average Bonchev–Trinajstić information content (AvgIpc) is 3.49. The third-order valence-electron chi connectivity index (χ3n) is 6.70. The molecule has 2 aromatic rings. The Balaban J connectivity index is 1.60. The van der Waals surface area contributed by atoms with Gasteiger partial charge in [-0.15, -0.1) is 0 Å². The number of anilines is 1. The molecule has 2 aliphatic heterocycles. The van der Waals surface area contributed by atoms with Crippen molar-refractivity contribution in [1.29, 1.82) is 5.26 Å². The maximum Gasteiger partial charge on any atom is 0.332 e. The number of likely N-dealkylation sites (N-methyl/N-ethyl adjacent to an activating group) is 1. The van der Waals surface area contributed by atoms with Gasteiger partial charge in [0.05, 0.1) is 17.3 Å². The number of halogens is 2. The van der Waals surface area contributed by atoms with Gasteiger partial charge in [-0.05, 0) is 48.7 Å². The monoisotopic (exact) mass is 454 g/mol. The lowest BCUT2D eigenvalue weighted by Crippen LogP contribution is -2.53. The molecule has 0 bridgehead atoms. The molecule has 2 heterocycles. The van der Waals surface area contributed by atoms with Gasteiger partial charge in [0.15, 0.2) is 0 Å². The van der Waals surface area contributed by atoms with Crippen LogP contribution in [-0.2, 0) is 4.79 Å². The number of hydrogen-bond acceptors (Lipinski definition) is 4. The quantitative estimate of drug-likeness (QED) is 0.649. The molecule has 0 aromatic heterocycles. The van der Waals surface area contributed by atoms with E-state index in [1.165, 1.54) is 4.90 Å². The van der Waals surface area contributed by atoms with Crippen LogP contribution >= 0.6 is 23.2 Å². The molecule has 158 valence electrons. The molecule has 1 saturated carbocycles. The summed E-state index contributed by atoms with van der Waals surface area (Å²) in [6.07, 6.45) is 2.21. The first kappa shape index (κ1) is 20.3. The zero-order chi connectivity index (χ0) is 21.9. The third-order valence-corrected chi connectivity index (χ3v) is 7.14. The highest BCUT2D eigenvalue weighted by Gasteiger charge is 2.65. The number of hydrogen-bond donors (Lipinski definition) is 0. The van der Waals surface area contributed by atoms with Crippen LogP contribution in [0.3, 0.4) is 0 Å². The van der Waals surface area contributed by atoms with E-state index in [0.717, 1.165) is 18.4 Å². The Labute approximate surface area is 190 Å². The van der Waals surface area contributed by atoms with Crippen molar-refractivity contribution in [3.8, 4) is 6.07 Å². The number of urea groups is 1. The summed E-state index contributed by atoms with van der Waals surface area (Å²) in [6, 6.07) is 14.2. The van der Waals surface area contributed by atoms with Crippen molar-refractivity contribution in [3.63, 3.8) is 0 Å². The SMILES string of the molecule is CN1C(=O)N(c2cc(Cl)cc(Cl)c2)C(=O)[C@]12CN(C1CC1)C[C@H]2c1ccc(C#N)cc1. The Morgan fingerprint density at radius 2 is 1.71 bits per heavy atom. The van der Waals surface area contributed by atoms with Crippen LogP contribution in [0, 0.1) is 11.3 Å². The second-order valence-corrected chi connectivity index (χ2v) is 9.35. The van der Waals surface area contributed by atoms with E-state index in [-0.39, 0.29) is 17.9 Å². The van der Waals surface area contributed by atoms with E-state index >= 15 is 0 Å². The van der Waals surface area contributed by atoms with Crippen LogP contribution < -0.4 is 4.90 Å². The van der Waals surface area contributed by atoms with E-state index < -0.39 is 5.54 Å². The molecule has 0 N–H and O–H groups in total. The van der Waals surface area contributed by atoms with E-state index in [2.05, 4.69) is 11.0 Å². The number of nitrogens with zero attached hydrogens (tertiary/aromatic N) is 4. The predicted molar refractivity (Wildman–Crippen MR) is 118 cm³/mol. The van der Waals surface area contributed by atoms with Gasteiger partial charge in [-0.2, -0.15) is 5.26 Å². The Kier molecular flexibility index (Phi) is 4.74. The Morgan fingerprint density at radius 3 is 2.29 bits per heavy atom. The normalized spacial score (nSPS) is 26.2. The molecule has 0 unspecified atom stereocenters. The average molecular weight is 455 g/mol. The summed E-state index contributed by atoms with van der Waals surface area (Å²) in [6.45, 7) is 1.16. The fourth-order valence-electron chi connectivity index (χ4n) is 4.96. The topological polar surface area (TPSA) is 67.7 Å². The number of likely N-dealkylation sites (tertiary alicyclic amines) is 1. The van der Waals surface area contributed by atoms with Crippen LogP contribution in [-0.4, -0.2) is 53.5 Å². The second-order valence-electron chi connectivity index (χ2n) is 8.48. The van der Waals surface area contributed by atoms with Crippen LogP contribution in [0.4, 0.5) is 10.5 Å². The summed E-state index contributed by atoms with van der Waals surface area (Å²) in [5.41, 5.74) is 0.857. The molecule has 31 heavy (non-hydrogen) atoms. The smallest absolute Gasteiger partial charge is 0.310 e. The highest BCUT2D eigenvalue weighted by atomic mass is 35.5. The van der Waals surface area contributed by atoms with Crippen molar-refractivity contribution in [1.82, 2.24) is 9.80 Å². The number of carbonyl (C=O) groups excluding carboxylic acids is 2. The number of imide groups is 1. The predicted octanol–water partition coefficient (Wildman–Crippen LogP) is 4.26. The van der Waals surface area contributed by atoms with Gasteiger partial charge in [0.25, 0.3) is 5.91 Å². The van der Waals surface area contributed by atoms with Crippen molar-refractivity contribution < 1.29 is 9.59 Å². The van der Waals surface area contributed by atoms with Crippen molar-refractivity contribution in [2.75, 3.05) is 25.0 Å². The molecule has 0 radical (unpaired) electrons. The van der Waals surface area contributed by atoms with Crippen LogP contribution in [0.25, 0.3) is 0 Å². The van der Waals surface area contributed by atoms with Gasteiger partial charge in [0.2, 0.25) is 0 Å². The van der Waals surface area contributed by atoms with E-state index in [1.807, 2.05) is 12.1 Å². The number of rotatable bonds is 3. The number of carbonyl (C=O) groups is 2. The lowest BCUT2D eigenvalue weighted by Gasteiger charge is -2.34. The molecular formula is C23H20Cl2N4O2. The summed E-state index contributed by atoms with van der Waals surface area (Å²) >= 11 is 12.3. The fraction of sp³-hybridized carbons (Fsp3) is 0.348. The van der Waals surface area contributed by atoms with E-state index in [9.17, 15) is 9.59 Å². The number of nitriles is 1. The lowest BCUT2D eigenvalue weighted by atomic mass is 9.80. The molecule has 3 amide bonds. The highest BCUT2D eigenvalue weighted by Crippen LogP contribution is 2.49. The Hall–Kier alpha value is -2.59. The molecule has 3 fully saturated rings. The van der Waals surface area contributed by atoms with Gasteiger partial charge in [-0.3, -0.25) is 9.69 Å². The van der Waals surface area contributed by atoms with Gasteiger partial charge in [-0.1, -0.05) is 35.3 Å². The minimum absolute atomic E-state index is 0.207. The first-order chi connectivity index (χ1) is 14.8. The van der Waals surface area contributed by atoms with Crippen LogP contribution in [0.15, 0.2) is 42.5 Å². The van der Waals surface area contributed by atoms with Crippen LogP contribution in [0.1, 0.15) is 29.9 Å². The minimum atomic E-state index is -1.03. The van der Waals surface area contributed by atoms with Gasteiger partial charge in [-0.25, -0.2) is 9.69 Å². The first-order valence-electron chi connectivity index (χ1n) is 10.2. The molecule has 1 aliphatic carbocycles. The maximum atomic E-state index is 14.0. The van der Waals surface area contributed by atoms with Crippen LogP contribution in [0.2, 0.25) is 10.0 Å². The van der Waals surface area contributed by atoms with Crippen molar-refractivity contribution >= 4 is 40.8 Å². The zero-order valence-electron chi connectivity index (χ0n) is 16.9. The van der Waals surface area contributed by atoms with Gasteiger partial charge in [0, 0.05) is 42.1 Å².